The zero-order chi connectivity index (χ0) is 17.8. The first-order valence-electron chi connectivity index (χ1n) is 7.81. The number of hydrogen-bond acceptors (Lipinski definition) is 7. The molecule has 3 rings (SSSR count). The van der Waals surface area contributed by atoms with Crippen LogP contribution in [0.5, 0.6) is 0 Å². The van der Waals surface area contributed by atoms with E-state index in [0.717, 1.165) is 22.7 Å². The summed E-state index contributed by atoms with van der Waals surface area (Å²) in [7, 11) is 0. The summed E-state index contributed by atoms with van der Waals surface area (Å²) in [5, 5.41) is 15.7. The highest BCUT2D eigenvalue weighted by Crippen LogP contribution is 2.22. The lowest BCUT2D eigenvalue weighted by Gasteiger charge is -2.05. The van der Waals surface area contributed by atoms with Gasteiger partial charge in [-0.05, 0) is 48.4 Å². The molecule has 0 fully saturated rings. The van der Waals surface area contributed by atoms with Gasteiger partial charge in [0.1, 0.15) is 0 Å². The number of anilines is 1. The lowest BCUT2D eigenvalue weighted by atomic mass is 10.1. The maximum absolute atomic E-state index is 12.1. The molecule has 0 aliphatic rings. The number of carbonyl (C=O) groups is 1. The summed E-state index contributed by atoms with van der Waals surface area (Å²) >= 11 is 2.76. The first-order valence-corrected chi connectivity index (χ1v) is 9.61. The molecule has 2 heterocycles. The van der Waals surface area contributed by atoms with Gasteiger partial charge in [0.05, 0.1) is 17.1 Å². The molecule has 0 saturated heterocycles. The molecule has 130 valence electrons. The van der Waals surface area contributed by atoms with Crippen molar-refractivity contribution >= 4 is 34.1 Å². The van der Waals surface area contributed by atoms with E-state index in [0.29, 0.717) is 10.3 Å². The SMILES string of the molecule is CCc1ccc(-n2nnnc2SCC(=O)Nc2nc(C)c(C)s2)cc1. The fourth-order valence-electron chi connectivity index (χ4n) is 2.12. The van der Waals surface area contributed by atoms with Crippen molar-refractivity contribution in [2.24, 2.45) is 0 Å². The summed E-state index contributed by atoms with van der Waals surface area (Å²) in [6.07, 6.45) is 0.980. The van der Waals surface area contributed by atoms with Crippen molar-refractivity contribution in [2.75, 3.05) is 11.1 Å². The molecule has 9 heteroatoms. The zero-order valence-corrected chi connectivity index (χ0v) is 15.8. The fraction of sp³-hybridized carbons (Fsp3) is 0.312. The third-order valence-electron chi connectivity index (χ3n) is 3.64. The van der Waals surface area contributed by atoms with E-state index in [1.807, 2.05) is 38.1 Å². The Morgan fingerprint density at radius 3 is 2.68 bits per heavy atom. The van der Waals surface area contributed by atoms with Crippen LogP contribution in [0.15, 0.2) is 29.4 Å². The summed E-state index contributed by atoms with van der Waals surface area (Å²) in [4.78, 5) is 17.5. The average molecular weight is 374 g/mol. The second-order valence-electron chi connectivity index (χ2n) is 5.39. The number of nitrogens with one attached hydrogen (secondary N) is 1. The minimum absolute atomic E-state index is 0.130. The molecule has 0 bridgehead atoms. The third kappa shape index (κ3) is 4.23. The predicted molar refractivity (Wildman–Crippen MR) is 99.5 cm³/mol. The Balaban J connectivity index is 1.63. The van der Waals surface area contributed by atoms with Gasteiger partial charge in [0, 0.05) is 4.88 Å². The van der Waals surface area contributed by atoms with Crippen LogP contribution in [0, 0.1) is 13.8 Å². The van der Waals surface area contributed by atoms with Crippen molar-refractivity contribution in [3.63, 3.8) is 0 Å². The number of hydrogen-bond donors (Lipinski definition) is 1. The number of amides is 1. The van der Waals surface area contributed by atoms with Crippen LogP contribution >= 0.6 is 23.1 Å². The monoisotopic (exact) mass is 374 g/mol. The van der Waals surface area contributed by atoms with E-state index in [2.05, 4.69) is 32.7 Å². The smallest absolute Gasteiger partial charge is 0.236 e. The lowest BCUT2D eigenvalue weighted by molar-refractivity contribution is -0.113. The number of nitrogens with zero attached hydrogens (tertiary/aromatic N) is 5. The predicted octanol–water partition coefficient (Wildman–Crippen LogP) is 3.03. The summed E-state index contributed by atoms with van der Waals surface area (Å²) in [5.41, 5.74) is 3.06. The molecular weight excluding hydrogens is 356 g/mol. The van der Waals surface area contributed by atoms with Crippen LogP contribution in [0.1, 0.15) is 23.1 Å². The van der Waals surface area contributed by atoms with Gasteiger partial charge in [0.2, 0.25) is 11.1 Å². The van der Waals surface area contributed by atoms with Gasteiger partial charge in [-0.25, -0.2) is 4.98 Å². The van der Waals surface area contributed by atoms with Crippen LogP contribution in [0.4, 0.5) is 5.13 Å². The third-order valence-corrected chi connectivity index (χ3v) is 5.54. The first kappa shape index (κ1) is 17.6. The Bertz CT molecular complexity index is 852. The van der Waals surface area contributed by atoms with E-state index >= 15 is 0 Å². The Morgan fingerprint density at radius 1 is 1.28 bits per heavy atom. The van der Waals surface area contributed by atoms with E-state index in [1.54, 1.807) is 4.68 Å². The van der Waals surface area contributed by atoms with E-state index in [9.17, 15) is 4.79 Å². The molecule has 0 aliphatic carbocycles. The number of carbonyl (C=O) groups excluding carboxylic acids is 1. The van der Waals surface area contributed by atoms with Crippen molar-refractivity contribution in [1.82, 2.24) is 25.2 Å². The summed E-state index contributed by atoms with van der Waals surface area (Å²) in [6.45, 7) is 6.01. The molecule has 0 radical (unpaired) electrons. The zero-order valence-electron chi connectivity index (χ0n) is 14.2. The summed E-state index contributed by atoms with van der Waals surface area (Å²) in [5.74, 6) is 0.0834. The second-order valence-corrected chi connectivity index (χ2v) is 7.54. The average Bonchev–Trinajstić information content (AvgIpc) is 3.20. The maximum atomic E-state index is 12.1. The number of thioether (sulfide) groups is 1. The quantitative estimate of drug-likeness (QED) is 0.668. The number of aryl methyl sites for hydroxylation is 3. The highest BCUT2D eigenvalue weighted by Gasteiger charge is 2.13. The van der Waals surface area contributed by atoms with Gasteiger partial charge in [-0.1, -0.05) is 30.8 Å². The lowest BCUT2D eigenvalue weighted by Crippen LogP contribution is -2.14. The van der Waals surface area contributed by atoms with Crippen molar-refractivity contribution in [2.45, 2.75) is 32.3 Å². The highest BCUT2D eigenvalue weighted by molar-refractivity contribution is 7.99. The fourth-order valence-corrected chi connectivity index (χ4v) is 3.64. The Hall–Kier alpha value is -2.26. The Morgan fingerprint density at radius 2 is 2.04 bits per heavy atom. The standard InChI is InChI=1S/C16H18N6OS2/c1-4-12-5-7-13(8-6-12)22-16(19-20-21-22)24-9-14(23)18-15-17-10(2)11(3)25-15/h5-8H,4,9H2,1-3H3,(H,17,18,23). The second kappa shape index (κ2) is 7.75. The van der Waals surface area contributed by atoms with E-state index in [4.69, 9.17) is 0 Å². The van der Waals surface area contributed by atoms with Crippen LogP contribution in [0.2, 0.25) is 0 Å². The number of benzene rings is 1. The highest BCUT2D eigenvalue weighted by atomic mass is 32.2. The van der Waals surface area contributed by atoms with Gasteiger partial charge in [0.25, 0.3) is 0 Å². The Labute approximate surface area is 153 Å². The molecule has 1 aromatic carbocycles. The molecule has 0 aliphatic heterocycles. The number of thiazole rings is 1. The van der Waals surface area contributed by atoms with Gasteiger partial charge < -0.3 is 5.32 Å². The first-order chi connectivity index (χ1) is 12.1. The van der Waals surface area contributed by atoms with Crippen LogP contribution in [-0.4, -0.2) is 36.9 Å². The molecule has 7 nitrogen and oxygen atoms in total. The molecule has 25 heavy (non-hydrogen) atoms. The van der Waals surface area contributed by atoms with Crippen LogP contribution in [0.25, 0.3) is 5.69 Å². The molecule has 0 spiro atoms. The molecule has 0 unspecified atom stereocenters. The molecular formula is C16H18N6OS2. The van der Waals surface area contributed by atoms with Gasteiger partial charge >= 0.3 is 0 Å². The van der Waals surface area contributed by atoms with Gasteiger partial charge in [-0.15, -0.1) is 16.4 Å². The van der Waals surface area contributed by atoms with Crippen molar-refractivity contribution in [1.29, 1.82) is 0 Å². The molecule has 0 saturated carbocycles. The van der Waals surface area contributed by atoms with Crippen LogP contribution in [0.3, 0.4) is 0 Å². The van der Waals surface area contributed by atoms with Crippen LogP contribution < -0.4 is 5.32 Å². The number of tetrazole rings is 1. The topological polar surface area (TPSA) is 85.6 Å². The number of rotatable bonds is 6. The normalized spacial score (nSPS) is 10.8. The number of aromatic nitrogens is 5. The van der Waals surface area contributed by atoms with Crippen molar-refractivity contribution in [3.8, 4) is 5.69 Å². The summed E-state index contributed by atoms with van der Waals surface area (Å²) in [6, 6.07) is 8.04. The molecule has 1 amide bonds. The van der Waals surface area contributed by atoms with Crippen molar-refractivity contribution in [3.05, 3.63) is 40.4 Å². The van der Waals surface area contributed by atoms with Crippen molar-refractivity contribution < 1.29 is 4.79 Å². The van der Waals surface area contributed by atoms with Gasteiger partial charge in [-0.2, -0.15) is 4.68 Å². The minimum atomic E-state index is -0.130. The van der Waals surface area contributed by atoms with E-state index in [-0.39, 0.29) is 11.7 Å². The maximum Gasteiger partial charge on any atom is 0.236 e. The minimum Gasteiger partial charge on any atom is -0.301 e. The molecule has 2 aromatic heterocycles. The van der Waals surface area contributed by atoms with Gasteiger partial charge in [-0.3, -0.25) is 4.79 Å². The van der Waals surface area contributed by atoms with Crippen LogP contribution in [-0.2, 0) is 11.2 Å². The molecule has 3 aromatic rings. The largest absolute Gasteiger partial charge is 0.301 e. The molecule has 1 N–H and O–H groups in total. The Kier molecular flexibility index (Phi) is 5.44. The van der Waals surface area contributed by atoms with E-state index in [1.165, 1.54) is 28.7 Å². The summed E-state index contributed by atoms with van der Waals surface area (Å²) < 4.78 is 1.63. The van der Waals surface area contributed by atoms with Gasteiger partial charge in [0.15, 0.2) is 5.13 Å². The molecule has 0 atom stereocenters. The van der Waals surface area contributed by atoms with E-state index < -0.39 is 0 Å².